The van der Waals surface area contributed by atoms with Crippen LogP contribution in [0.1, 0.15) is 29.8 Å². The Morgan fingerprint density at radius 2 is 2.25 bits per heavy atom. The van der Waals surface area contributed by atoms with Gasteiger partial charge in [0, 0.05) is 25.2 Å². The molecule has 1 aromatic rings. The van der Waals surface area contributed by atoms with E-state index in [4.69, 9.17) is 10.5 Å². The fourth-order valence-corrected chi connectivity index (χ4v) is 2.61. The highest BCUT2D eigenvalue weighted by Crippen LogP contribution is 2.23. The van der Waals surface area contributed by atoms with E-state index in [0.29, 0.717) is 30.8 Å². The second kappa shape index (κ2) is 5.50. The van der Waals surface area contributed by atoms with Gasteiger partial charge in [-0.05, 0) is 44.5 Å². The van der Waals surface area contributed by atoms with Crippen molar-refractivity contribution in [1.29, 1.82) is 0 Å². The van der Waals surface area contributed by atoms with E-state index in [9.17, 15) is 9.18 Å². The van der Waals surface area contributed by atoms with Gasteiger partial charge in [0.05, 0.1) is 11.7 Å². The van der Waals surface area contributed by atoms with Gasteiger partial charge < -0.3 is 15.4 Å². The highest BCUT2D eigenvalue weighted by molar-refractivity contribution is 5.95. The molecule has 1 saturated heterocycles. The molecule has 4 nitrogen and oxygen atoms in total. The molecule has 1 atom stereocenters. The monoisotopic (exact) mass is 280 g/mol. The summed E-state index contributed by atoms with van der Waals surface area (Å²) in [7, 11) is 0. The van der Waals surface area contributed by atoms with E-state index >= 15 is 0 Å². The summed E-state index contributed by atoms with van der Waals surface area (Å²) in [6.07, 6.45) is -0.163. The number of halogens is 1. The average Bonchev–Trinajstić information content (AvgIpc) is 2.36. The summed E-state index contributed by atoms with van der Waals surface area (Å²) < 4.78 is 18.9. The van der Waals surface area contributed by atoms with Crippen molar-refractivity contribution in [2.24, 2.45) is 5.73 Å². The minimum atomic E-state index is -0.425. The number of nitrogens with two attached hydrogens (primary N) is 1. The molecule has 5 heteroatoms. The number of hydrogen-bond acceptors (Lipinski definition) is 3. The maximum atomic E-state index is 13.1. The quantitative estimate of drug-likeness (QED) is 0.897. The highest BCUT2D eigenvalue weighted by atomic mass is 19.1. The van der Waals surface area contributed by atoms with Crippen molar-refractivity contribution in [3.63, 3.8) is 0 Å². The topological polar surface area (TPSA) is 55.6 Å². The molecule has 1 unspecified atom stereocenters. The molecule has 1 amide bonds. The van der Waals surface area contributed by atoms with Crippen LogP contribution < -0.4 is 5.73 Å². The molecule has 1 aromatic carbocycles. The van der Waals surface area contributed by atoms with Crippen LogP contribution in [0.25, 0.3) is 0 Å². The smallest absolute Gasteiger partial charge is 0.254 e. The minimum absolute atomic E-state index is 0.0997. The van der Waals surface area contributed by atoms with Gasteiger partial charge in [-0.1, -0.05) is 0 Å². The van der Waals surface area contributed by atoms with Crippen molar-refractivity contribution in [1.82, 2.24) is 4.90 Å². The number of nitrogens with zero attached hydrogens (tertiary/aromatic N) is 1. The van der Waals surface area contributed by atoms with E-state index in [0.717, 1.165) is 0 Å². The Bertz CT molecular complexity index is 517. The van der Waals surface area contributed by atoms with Crippen LogP contribution in [0, 0.1) is 12.7 Å². The van der Waals surface area contributed by atoms with E-state index in [1.165, 1.54) is 18.2 Å². The Hall–Kier alpha value is -1.46. The second-order valence-corrected chi connectivity index (χ2v) is 5.88. The van der Waals surface area contributed by atoms with Gasteiger partial charge in [-0.2, -0.15) is 0 Å². The number of hydrogen-bond donors (Lipinski definition) is 1. The van der Waals surface area contributed by atoms with Crippen LogP contribution in [0.3, 0.4) is 0 Å². The first-order valence-electron chi connectivity index (χ1n) is 6.76. The van der Waals surface area contributed by atoms with Crippen LogP contribution in [-0.2, 0) is 4.74 Å². The van der Waals surface area contributed by atoms with Gasteiger partial charge >= 0.3 is 0 Å². The Morgan fingerprint density at radius 1 is 1.55 bits per heavy atom. The molecule has 1 aliphatic rings. The normalized spacial score (nSPS) is 21.9. The van der Waals surface area contributed by atoms with E-state index in [1.54, 1.807) is 11.8 Å². The van der Waals surface area contributed by atoms with Crippen molar-refractivity contribution in [3.05, 3.63) is 35.1 Å². The lowest BCUT2D eigenvalue weighted by atomic mass is 10.0. The Balaban J connectivity index is 2.23. The maximum absolute atomic E-state index is 13.1. The lowest BCUT2D eigenvalue weighted by Crippen LogP contribution is -2.56. The fraction of sp³-hybridized carbons (Fsp3) is 0.533. The predicted molar refractivity (Wildman–Crippen MR) is 75.0 cm³/mol. The molecule has 1 fully saturated rings. The van der Waals surface area contributed by atoms with Crippen LogP contribution in [0.15, 0.2) is 18.2 Å². The van der Waals surface area contributed by atoms with Gasteiger partial charge in [0.2, 0.25) is 0 Å². The van der Waals surface area contributed by atoms with Crippen LogP contribution in [0.4, 0.5) is 4.39 Å². The molecular formula is C15H21FN2O2. The molecule has 110 valence electrons. The third kappa shape index (κ3) is 3.16. The number of aryl methyl sites for hydroxylation is 1. The summed E-state index contributed by atoms with van der Waals surface area (Å²) in [5, 5.41) is 0. The number of amides is 1. The van der Waals surface area contributed by atoms with Crippen molar-refractivity contribution in [2.45, 2.75) is 32.5 Å². The predicted octanol–water partition coefficient (Wildman–Crippen LogP) is 1.71. The summed E-state index contributed by atoms with van der Waals surface area (Å²) in [6, 6.07) is 4.22. The van der Waals surface area contributed by atoms with Crippen LogP contribution in [-0.4, -0.2) is 42.1 Å². The number of rotatable bonds is 2. The first-order chi connectivity index (χ1) is 9.32. The molecule has 0 spiro atoms. The maximum Gasteiger partial charge on any atom is 0.254 e. The first kappa shape index (κ1) is 14.9. The van der Waals surface area contributed by atoms with Gasteiger partial charge in [-0.25, -0.2) is 4.39 Å². The third-order valence-electron chi connectivity index (χ3n) is 3.45. The molecular weight excluding hydrogens is 259 g/mol. The molecule has 0 bridgehead atoms. The Kier molecular flexibility index (Phi) is 4.11. The largest absolute Gasteiger partial charge is 0.367 e. The molecule has 0 aliphatic carbocycles. The van der Waals surface area contributed by atoms with E-state index in [1.807, 2.05) is 13.8 Å². The average molecular weight is 280 g/mol. The van der Waals surface area contributed by atoms with Crippen LogP contribution in [0.2, 0.25) is 0 Å². The fourth-order valence-electron chi connectivity index (χ4n) is 2.61. The minimum Gasteiger partial charge on any atom is -0.367 e. The number of morpholine rings is 1. The Labute approximate surface area is 118 Å². The van der Waals surface area contributed by atoms with Gasteiger partial charge in [0.1, 0.15) is 5.82 Å². The molecule has 2 rings (SSSR count). The summed E-state index contributed by atoms with van der Waals surface area (Å²) in [5.74, 6) is -0.432. The summed E-state index contributed by atoms with van der Waals surface area (Å²) >= 11 is 0. The van der Waals surface area contributed by atoms with Gasteiger partial charge in [0.25, 0.3) is 5.91 Å². The number of ether oxygens (including phenoxy) is 1. The zero-order chi connectivity index (χ0) is 14.9. The van der Waals surface area contributed by atoms with Crippen LogP contribution in [0.5, 0.6) is 0 Å². The SMILES string of the molecule is Cc1cc(F)ccc1C(=O)N1CC(CN)OC(C)(C)C1. The molecule has 0 aromatic heterocycles. The van der Waals surface area contributed by atoms with E-state index in [-0.39, 0.29) is 17.8 Å². The number of benzene rings is 1. The summed E-state index contributed by atoms with van der Waals surface area (Å²) in [6.45, 7) is 6.95. The number of carbonyl (C=O) groups excluding carboxylic acids is 1. The molecule has 0 radical (unpaired) electrons. The van der Waals surface area contributed by atoms with E-state index < -0.39 is 5.60 Å². The second-order valence-electron chi connectivity index (χ2n) is 5.88. The summed E-state index contributed by atoms with van der Waals surface area (Å²) in [5.41, 5.74) is 6.41. The molecule has 20 heavy (non-hydrogen) atoms. The van der Waals surface area contributed by atoms with Crippen molar-refractivity contribution < 1.29 is 13.9 Å². The molecule has 1 heterocycles. The van der Waals surface area contributed by atoms with Gasteiger partial charge in [-0.15, -0.1) is 0 Å². The van der Waals surface area contributed by atoms with Crippen molar-refractivity contribution in [2.75, 3.05) is 19.6 Å². The van der Waals surface area contributed by atoms with Gasteiger partial charge in [0.15, 0.2) is 0 Å². The zero-order valence-electron chi connectivity index (χ0n) is 12.1. The lowest BCUT2D eigenvalue weighted by Gasteiger charge is -2.42. The van der Waals surface area contributed by atoms with Gasteiger partial charge in [-0.3, -0.25) is 4.79 Å². The van der Waals surface area contributed by atoms with Crippen LogP contribution >= 0.6 is 0 Å². The third-order valence-corrected chi connectivity index (χ3v) is 3.45. The highest BCUT2D eigenvalue weighted by Gasteiger charge is 2.35. The van der Waals surface area contributed by atoms with E-state index in [2.05, 4.69) is 0 Å². The Morgan fingerprint density at radius 3 is 2.85 bits per heavy atom. The van der Waals surface area contributed by atoms with Crippen molar-refractivity contribution >= 4 is 5.91 Å². The van der Waals surface area contributed by atoms with Crippen molar-refractivity contribution in [3.8, 4) is 0 Å². The molecule has 1 aliphatic heterocycles. The first-order valence-corrected chi connectivity index (χ1v) is 6.76. The molecule has 0 saturated carbocycles. The standard InChI is InChI=1S/C15H21FN2O2/c1-10-6-11(16)4-5-13(10)14(19)18-8-12(7-17)20-15(2,3)9-18/h4-6,12H,7-9,17H2,1-3H3. The molecule has 2 N–H and O–H groups in total. The number of carbonyl (C=O) groups is 1. The summed E-state index contributed by atoms with van der Waals surface area (Å²) in [4.78, 5) is 14.3. The zero-order valence-corrected chi connectivity index (χ0v) is 12.1. The lowest BCUT2D eigenvalue weighted by molar-refractivity contribution is -0.122.